The van der Waals surface area contributed by atoms with Gasteiger partial charge in [-0.1, -0.05) is 152 Å². The Labute approximate surface area is 339 Å². The molecule has 0 aromatic heterocycles. The monoisotopic (exact) mass is 826 g/mol. The van der Waals surface area contributed by atoms with Crippen LogP contribution in [-0.4, -0.2) is 68.6 Å². The normalized spacial score (nSPS) is 20.9. The van der Waals surface area contributed by atoms with E-state index in [0.717, 1.165) is 24.8 Å². The van der Waals surface area contributed by atoms with Crippen molar-refractivity contribution in [1.82, 2.24) is 4.31 Å². The molecular weight excluding hydrogens is 739 g/mol. The summed E-state index contributed by atoms with van der Waals surface area (Å²) in [6.45, 7) is 41.4. The third-order valence-corrected chi connectivity index (χ3v) is 29.4. The molecule has 1 saturated heterocycles. The van der Waals surface area contributed by atoms with Crippen LogP contribution in [0.1, 0.15) is 152 Å². The van der Waals surface area contributed by atoms with Crippen LogP contribution in [0.2, 0.25) is 54.4 Å². The first-order chi connectivity index (χ1) is 24.5. The fraction of sp³-hybridized carbons (Fsp3) is 0.864. The first kappa shape index (κ1) is 49.8. The third kappa shape index (κ3) is 13.3. The van der Waals surface area contributed by atoms with Gasteiger partial charge < -0.3 is 13.3 Å². The van der Waals surface area contributed by atoms with E-state index in [-0.39, 0.29) is 33.3 Å². The summed E-state index contributed by atoms with van der Waals surface area (Å²) in [6.07, 6.45) is 12.9. The molecule has 0 bridgehead atoms. The Hall–Kier alpha value is -0.339. The van der Waals surface area contributed by atoms with Crippen LogP contribution in [0.3, 0.4) is 0 Å². The smallest absolute Gasteiger partial charge is 0.243 e. The van der Waals surface area contributed by atoms with Crippen LogP contribution in [0.5, 0.6) is 0 Å². The lowest BCUT2D eigenvalue weighted by Gasteiger charge is -2.57. The van der Waals surface area contributed by atoms with Crippen LogP contribution >= 0.6 is 0 Å². The fourth-order valence-electron chi connectivity index (χ4n) is 6.56. The van der Waals surface area contributed by atoms with Crippen LogP contribution < -0.4 is 0 Å². The number of nitrogens with zero attached hydrogens (tertiary/aromatic N) is 1. The standard InChI is InChI=1S/C44H87NO5SSi3/c1-19-36(3)40(49-53(15,16)43(7,8)9)29-27-25-23-21-20-22-24-26-28-38-41(50-54(17,18)44(10,11)12)39(34-48-52(13,14)42(4,5)6)45(38)51(46,47)37-32-30-35(2)31-33-37/h30-33,36,38-41H,19-29,34H2,1-18H3/t36-,38-,39-,40+,41+/m0/s1. The lowest BCUT2D eigenvalue weighted by Crippen LogP contribution is -2.73. The quantitative estimate of drug-likeness (QED) is 0.0861. The average Bonchev–Trinajstić information content (AvgIpc) is 3.02. The van der Waals surface area contributed by atoms with E-state index < -0.39 is 35.0 Å². The molecule has 0 spiro atoms. The first-order valence-corrected chi connectivity index (χ1v) is 31.8. The van der Waals surface area contributed by atoms with Gasteiger partial charge in [-0.3, -0.25) is 0 Å². The summed E-state index contributed by atoms with van der Waals surface area (Å²) in [5.41, 5.74) is 1.05. The van der Waals surface area contributed by atoms with Crippen molar-refractivity contribution in [2.24, 2.45) is 5.92 Å². The van der Waals surface area contributed by atoms with E-state index in [4.69, 9.17) is 13.3 Å². The lowest BCUT2D eigenvalue weighted by molar-refractivity contribution is -0.0777. The number of rotatable bonds is 22. The van der Waals surface area contributed by atoms with Crippen LogP contribution in [0.4, 0.5) is 0 Å². The molecule has 1 aliphatic rings. The van der Waals surface area contributed by atoms with E-state index >= 15 is 0 Å². The zero-order valence-electron chi connectivity index (χ0n) is 38.6. The van der Waals surface area contributed by atoms with Gasteiger partial charge in [0.05, 0.1) is 29.7 Å². The second-order valence-electron chi connectivity index (χ2n) is 21.4. The lowest BCUT2D eigenvalue weighted by atomic mass is 9.89. The topological polar surface area (TPSA) is 65.1 Å². The summed E-state index contributed by atoms with van der Waals surface area (Å²) in [6, 6.07) is 6.81. The van der Waals surface area contributed by atoms with Gasteiger partial charge in [0, 0.05) is 6.10 Å². The summed E-state index contributed by atoms with van der Waals surface area (Å²) in [4.78, 5) is 0.364. The van der Waals surface area contributed by atoms with Crippen molar-refractivity contribution in [2.75, 3.05) is 6.61 Å². The highest BCUT2D eigenvalue weighted by Crippen LogP contribution is 2.46. The molecule has 1 aromatic rings. The zero-order chi connectivity index (χ0) is 41.6. The Balaban J connectivity index is 2.10. The zero-order valence-corrected chi connectivity index (χ0v) is 42.4. The molecule has 2 rings (SSSR count). The minimum Gasteiger partial charge on any atom is -0.415 e. The van der Waals surface area contributed by atoms with Crippen molar-refractivity contribution in [3.63, 3.8) is 0 Å². The van der Waals surface area contributed by atoms with Gasteiger partial charge >= 0.3 is 0 Å². The van der Waals surface area contributed by atoms with E-state index in [1.165, 1.54) is 51.4 Å². The van der Waals surface area contributed by atoms with Gasteiger partial charge in [-0.25, -0.2) is 8.42 Å². The molecule has 0 saturated carbocycles. The van der Waals surface area contributed by atoms with Gasteiger partial charge in [0.1, 0.15) is 0 Å². The highest BCUT2D eigenvalue weighted by atomic mass is 32.2. The number of unbranched alkanes of at least 4 members (excludes halogenated alkanes) is 7. The number of hydrogen-bond acceptors (Lipinski definition) is 5. The second-order valence-corrected chi connectivity index (χ2v) is 37.6. The first-order valence-electron chi connectivity index (χ1n) is 21.6. The van der Waals surface area contributed by atoms with Gasteiger partial charge in [-0.15, -0.1) is 0 Å². The molecule has 0 N–H and O–H groups in total. The van der Waals surface area contributed by atoms with Crippen LogP contribution in [0.25, 0.3) is 0 Å². The van der Waals surface area contributed by atoms with Gasteiger partial charge in [-0.05, 0) is 92.2 Å². The molecule has 1 fully saturated rings. The number of aryl methyl sites for hydroxylation is 1. The minimum absolute atomic E-state index is 0.0194. The van der Waals surface area contributed by atoms with Crippen molar-refractivity contribution < 1.29 is 21.7 Å². The van der Waals surface area contributed by atoms with E-state index in [1.54, 1.807) is 16.4 Å². The second kappa shape index (κ2) is 19.6. The Kier molecular flexibility index (Phi) is 18.1. The molecule has 0 unspecified atom stereocenters. The minimum atomic E-state index is -3.74. The van der Waals surface area contributed by atoms with E-state index in [1.807, 2.05) is 19.1 Å². The molecule has 54 heavy (non-hydrogen) atoms. The Morgan fingerprint density at radius 3 is 1.61 bits per heavy atom. The molecule has 5 atom stereocenters. The SMILES string of the molecule is CC[C@H](C)[C@@H](CCCCCCCCCC[C@H]1[C@@H](O[Si](C)(C)C(C)(C)C)[C@H](CO[Si](C)(C)C(C)(C)C)N1S(=O)(=O)c1ccc(C)cc1)O[Si](C)(C)C(C)(C)C. The molecule has 0 radical (unpaired) electrons. The number of hydrogen-bond donors (Lipinski definition) is 0. The molecule has 1 aliphatic heterocycles. The summed E-state index contributed by atoms with van der Waals surface area (Å²) in [5.74, 6) is 0.601. The Morgan fingerprint density at radius 1 is 0.685 bits per heavy atom. The summed E-state index contributed by atoms with van der Waals surface area (Å²) >= 11 is 0. The summed E-state index contributed by atoms with van der Waals surface area (Å²) in [7, 11) is -9.83. The molecular formula is C44H87NO5SSi3. The predicted octanol–water partition coefficient (Wildman–Crippen LogP) is 13.5. The molecule has 0 aliphatic carbocycles. The van der Waals surface area contributed by atoms with Gasteiger partial charge in [0.25, 0.3) is 0 Å². The van der Waals surface area contributed by atoms with Gasteiger partial charge in [-0.2, -0.15) is 4.31 Å². The van der Waals surface area contributed by atoms with Crippen molar-refractivity contribution in [3.8, 4) is 0 Å². The highest BCUT2D eigenvalue weighted by molar-refractivity contribution is 7.89. The maximum absolute atomic E-state index is 14.5. The largest absolute Gasteiger partial charge is 0.415 e. The fourth-order valence-corrected chi connectivity index (χ4v) is 12.2. The molecule has 6 nitrogen and oxygen atoms in total. The Morgan fingerprint density at radius 2 is 1.15 bits per heavy atom. The molecule has 10 heteroatoms. The van der Waals surface area contributed by atoms with Crippen LogP contribution in [0.15, 0.2) is 29.2 Å². The van der Waals surface area contributed by atoms with Gasteiger partial charge in [0.15, 0.2) is 25.0 Å². The highest BCUT2D eigenvalue weighted by Gasteiger charge is 2.58. The Bertz CT molecular complexity index is 1380. The molecule has 0 amide bonds. The molecule has 1 heterocycles. The number of sulfonamides is 1. The number of benzene rings is 1. The maximum Gasteiger partial charge on any atom is 0.243 e. The van der Waals surface area contributed by atoms with Crippen molar-refractivity contribution in [1.29, 1.82) is 0 Å². The average molecular weight is 827 g/mol. The third-order valence-electron chi connectivity index (χ3n) is 13.9. The summed E-state index contributed by atoms with van der Waals surface area (Å²) in [5, 5.41) is 0.289. The van der Waals surface area contributed by atoms with E-state index in [0.29, 0.717) is 23.5 Å². The van der Waals surface area contributed by atoms with Crippen LogP contribution in [0, 0.1) is 12.8 Å². The van der Waals surface area contributed by atoms with E-state index in [9.17, 15) is 8.42 Å². The predicted molar refractivity (Wildman–Crippen MR) is 241 cm³/mol. The molecule has 1 aromatic carbocycles. The summed E-state index contributed by atoms with van der Waals surface area (Å²) < 4.78 is 51.6. The van der Waals surface area contributed by atoms with Crippen molar-refractivity contribution in [2.45, 2.75) is 237 Å². The van der Waals surface area contributed by atoms with Crippen molar-refractivity contribution in [3.05, 3.63) is 29.8 Å². The van der Waals surface area contributed by atoms with Gasteiger partial charge in [0.2, 0.25) is 10.0 Å². The maximum atomic E-state index is 14.5. The van der Waals surface area contributed by atoms with Crippen molar-refractivity contribution >= 4 is 35.0 Å². The van der Waals surface area contributed by atoms with E-state index in [2.05, 4.69) is 115 Å². The molecule has 316 valence electrons. The van der Waals surface area contributed by atoms with Crippen LogP contribution in [-0.2, 0) is 23.3 Å².